The first-order chi connectivity index (χ1) is 4.66. The Morgan fingerprint density at radius 1 is 1.27 bits per heavy atom. The molecule has 6 heteroatoms. The molecule has 3 N–H and O–H groups in total. The third-order valence-corrected chi connectivity index (χ3v) is 1.50. The Balaban J connectivity index is 0.000001000. The number of ether oxygens (including phenoxy) is 1. The van der Waals surface area contributed by atoms with Crippen molar-refractivity contribution in [3.05, 3.63) is 0 Å². The fourth-order valence-electron chi connectivity index (χ4n) is 0.865. The second kappa shape index (κ2) is 4.74. The monoisotopic (exact) mass is 172 g/mol. The second-order valence-corrected chi connectivity index (χ2v) is 2.21. The van der Waals surface area contributed by atoms with Crippen molar-refractivity contribution in [1.82, 2.24) is 0 Å². The SMILES string of the molecule is [Na+].[O-][C@@H]1O[C@H](CO)[C@@H](O)[C@H]1O. The maximum atomic E-state index is 10.5. The molecule has 1 rings (SSSR count). The summed E-state index contributed by atoms with van der Waals surface area (Å²) < 4.78 is 4.43. The molecule has 0 aliphatic carbocycles. The van der Waals surface area contributed by atoms with Crippen LogP contribution in [0.2, 0.25) is 0 Å². The molecule has 1 saturated heterocycles. The smallest absolute Gasteiger partial charge is 0.829 e. The summed E-state index contributed by atoms with van der Waals surface area (Å²) in [6.07, 6.45) is -5.24. The molecule has 0 unspecified atom stereocenters. The number of hydrogen-bond acceptors (Lipinski definition) is 5. The Kier molecular flexibility index (Phi) is 5.08. The van der Waals surface area contributed by atoms with Crippen molar-refractivity contribution < 1.29 is 54.7 Å². The van der Waals surface area contributed by atoms with Crippen LogP contribution >= 0.6 is 0 Å². The minimum absolute atomic E-state index is 0. The van der Waals surface area contributed by atoms with E-state index in [4.69, 9.17) is 15.3 Å². The van der Waals surface area contributed by atoms with Crippen LogP contribution in [0.1, 0.15) is 0 Å². The average Bonchev–Trinajstić information content (AvgIpc) is 2.17. The standard InChI is InChI=1S/C5H9O5.Na/c6-1-2-3(7)4(8)5(9)10-2;/h2-8H,1H2;/q-1;+1/t2-,3-,4-,5-;/m1./s1. The normalized spacial score (nSPS) is 43.6. The van der Waals surface area contributed by atoms with Gasteiger partial charge in [-0.25, -0.2) is 0 Å². The zero-order chi connectivity index (χ0) is 7.72. The van der Waals surface area contributed by atoms with Gasteiger partial charge in [0.1, 0.15) is 12.2 Å². The van der Waals surface area contributed by atoms with Gasteiger partial charge in [-0.15, -0.1) is 0 Å². The van der Waals surface area contributed by atoms with Crippen molar-refractivity contribution >= 4 is 0 Å². The molecule has 1 aliphatic heterocycles. The first-order valence-corrected chi connectivity index (χ1v) is 2.95. The van der Waals surface area contributed by atoms with Gasteiger partial charge in [-0.05, 0) is 0 Å². The van der Waals surface area contributed by atoms with Crippen molar-refractivity contribution in [3.8, 4) is 0 Å². The molecule has 0 spiro atoms. The van der Waals surface area contributed by atoms with E-state index in [1.165, 1.54) is 0 Å². The first-order valence-electron chi connectivity index (χ1n) is 2.95. The Morgan fingerprint density at radius 2 is 1.82 bits per heavy atom. The molecule has 5 nitrogen and oxygen atoms in total. The van der Waals surface area contributed by atoms with Gasteiger partial charge in [0.05, 0.1) is 12.7 Å². The summed E-state index contributed by atoms with van der Waals surface area (Å²) in [7, 11) is 0. The molecule has 0 saturated carbocycles. The van der Waals surface area contributed by atoms with Crippen LogP contribution in [0.4, 0.5) is 0 Å². The maximum absolute atomic E-state index is 10.5. The van der Waals surface area contributed by atoms with Gasteiger partial charge in [0.25, 0.3) is 0 Å². The van der Waals surface area contributed by atoms with Crippen LogP contribution in [0.15, 0.2) is 0 Å². The molecule has 0 amide bonds. The second-order valence-electron chi connectivity index (χ2n) is 2.21. The van der Waals surface area contributed by atoms with Gasteiger partial charge in [0, 0.05) is 6.29 Å². The summed E-state index contributed by atoms with van der Waals surface area (Å²) in [4.78, 5) is 0. The number of rotatable bonds is 1. The van der Waals surface area contributed by atoms with Gasteiger partial charge in [0.15, 0.2) is 0 Å². The molecule has 0 aromatic carbocycles. The summed E-state index contributed by atoms with van der Waals surface area (Å²) in [6.45, 7) is -0.447. The Morgan fingerprint density at radius 3 is 2.00 bits per heavy atom. The van der Waals surface area contributed by atoms with Crippen molar-refractivity contribution in [3.63, 3.8) is 0 Å². The third kappa shape index (κ3) is 2.37. The molecular formula is C5H9NaO5. The fourth-order valence-corrected chi connectivity index (χ4v) is 0.865. The molecule has 0 radical (unpaired) electrons. The van der Waals surface area contributed by atoms with Gasteiger partial charge in [-0.3, -0.25) is 0 Å². The summed E-state index contributed by atoms with van der Waals surface area (Å²) >= 11 is 0. The average molecular weight is 172 g/mol. The Labute approximate surface area is 85.9 Å². The number of aliphatic hydroxyl groups excluding tert-OH is 3. The molecule has 11 heavy (non-hydrogen) atoms. The minimum Gasteiger partial charge on any atom is -0.829 e. The topological polar surface area (TPSA) is 93.0 Å². The van der Waals surface area contributed by atoms with E-state index in [0.29, 0.717) is 0 Å². The Hall–Kier alpha value is 0.800. The van der Waals surface area contributed by atoms with E-state index in [-0.39, 0.29) is 29.6 Å². The molecule has 1 aliphatic rings. The number of hydrogen-bond donors (Lipinski definition) is 3. The van der Waals surface area contributed by atoms with E-state index in [1.807, 2.05) is 0 Å². The molecule has 0 aromatic rings. The molecular weight excluding hydrogens is 163 g/mol. The minimum atomic E-state index is -1.63. The van der Waals surface area contributed by atoms with Gasteiger partial charge in [-0.2, -0.15) is 0 Å². The van der Waals surface area contributed by atoms with Crippen LogP contribution in [-0.4, -0.2) is 46.5 Å². The first kappa shape index (κ1) is 11.8. The van der Waals surface area contributed by atoms with Crippen molar-refractivity contribution in [1.29, 1.82) is 0 Å². The third-order valence-electron chi connectivity index (χ3n) is 1.50. The van der Waals surface area contributed by atoms with Gasteiger partial charge in [0.2, 0.25) is 0 Å². The molecule has 0 aromatic heterocycles. The van der Waals surface area contributed by atoms with Crippen LogP contribution in [0.3, 0.4) is 0 Å². The molecule has 60 valence electrons. The van der Waals surface area contributed by atoms with Crippen LogP contribution in [0, 0.1) is 0 Å². The predicted molar refractivity (Wildman–Crippen MR) is 27.8 cm³/mol. The summed E-state index contributed by atoms with van der Waals surface area (Å²) in [5, 5.41) is 36.6. The molecule has 4 atom stereocenters. The van der Waals surface area contributed by atoms with Gasteiger partial charge >= 0.3 is 29.6 Å². The summed E-state index contributed by atoms with van der Waals surface area (Å²) in [5.41, 5.74) is 0. The Bertz CT molecular complexity index is 121. The van der Waals surface area contributed by atoms with E-state index < -0.39 is 31.2 Å². The summed E-state index contributed by atoms with van der Waals surface area (Å²) in [5.74, 6) is 0. The van der Waals surface area contributed by atoms with Crippen LogP contribution in [-0.2, 0) is 4.74 Å². The van der Waals surface area contributed by atoms with E-state index in [2.05, 4.69) is 4.74 Å². The van der Waals surface area contributed by atoms with Crippen LogP contribution in [0.25, 0.3) is 0 Å². The van der Waals surface area contributed by atoms with E-state index in [9.17, 15) is 5.11 Å². The maximum Gasteiger partial charge on any atom is 1.00 e. The predicted octanol–water partition coefficient (Wildman–Crippen LogP) is -6.21. The van der Waals surface area contributed by atoms with Crippen molar-refractivity contribution in [2.75, 3.05) is 6.61 Å². The van der Waals surface area contributed by atoms with Gasteiger partial charge in [-0.1, -0.05) is 0 Å². The van der Waals surface area contributed by atoms with E-state index >= 15 is 0 Å². The molecule has 0 bridgehead atoms. The zero-order valence-corrected chi connectivity index (χ0v) is 8.17. The number of aliphatic hydroxyl groups is 3. The summed E-state index contributed by atoms with van der Waals surface area (Å²) in [6, 6.07) is 0. The van der Waals surface area contributed by atoms with Crippen LogP contribution in [0.5, 0.6) is 0 Å². The van der Waals surface area contributed by atoms with E-state index in [1.54, 1.807) is 0 Å². The largest absolute Gasteiger partial charge is 1.00 e. The van der Waals surface area contributed by atoms with Crippen molar-refractivity contribution in [2.24, 2.45) is 0 Å². The van der Waals surface area contributed by atoms with E-state index in [0.717, 1.165) is 0 Å². The van der Waals surface area contributed by atoms with Crippen molar-refractivity contribution in [2.45, 2.75) is 24.6 Å². The molecule has 1 fully saturated rings. The van der Waals surface area contributed by atoms with Crippen LogP contribution < -0.4 is 34.7 Å². The quantitative estimate of drug-likeness (QED) is 0.342. The molecule has 1 heterocycles. The zero-order valence-electron chi connectivity index (χ0n) is 6.17. The fraction of sp³-hybridized carbons (Fsp3) is 1.00. The van der Waals surface area contributed by atoms with Gasteiger partial charge < -0.3 is 25.2 Å².